The van der Waals surface area contributed by atoms with E-state index in [1.54, 1.807) is 11.3 Å². The number of hydrogen-bond donors (Lipinski definition) is 0. The van der Waals surface area contributed by atoms with E-state index in [1.165, 1.54) is 0 Å². The summed E-state index contributed by atoms with van der Waals surface area (Å²) in [6, 6.07) is 0. The Bertz CT molecular complexity index is 219. The Balaban J connectivity index is 2.49. The molecule has 0 amide bonds. The molecule has 1 aromatic rings. The highest BCUT2D eigenvalue weighted by atomic mass is 32.1. The lowest BCUT2D eigenvalue weighted by molar-refractivity contribution is -0.107. The largest absolute Gasteiger partial charge is 0.303 e. The molecule has 0 unspecified atom stereocenters. The molecule has 0 saturated carbocycles. The fraction of sp³-hybridized carbons (Fsp3) is 0.429. The first-order valence-electron chi connectivity index (χ1n) is 3.17. The molecule has 0 atom stereocenters. The summed E-state index contributed by atoms with van der Waals surface area (Å²) in [7, 11) is 0. The first kappa shape index (κ1) is 7.41. The monoisotopic (exact) mass is 155 g/mol. The molecule has 0 radical (unpaired) electrons. The van der Waals surface area contributed by atoms with Crippen LogP contribution in [0.25, 0.3) is 0 Å². The molecule has 0 aliphatic heterocycles. The lowest BCUT2D eigenvalue weighted by Gasteiger charge is -1.85. The Morgan fingerprint density at radius 3 is 3.10 bits per heavy atom. The van der Waals surface area contributed by atoms with E-state index in [2.05, 4.69) is 4.98 Å². The van der Waals surface area contributed by atoms with Crippen LogP contribution in [0.4, 0.5) is 0 Å². The quantitative estimate of drug-likeness (QED) is 0.620. The van der Waals surface area contributed by atoms with Gasteiger partial charge in [-0.1, -0.05) is 0 Å². The van der Waals surface area contributed by atoms with Gasteiger partial charge >= 0.3 is 0 Å². The van der Waals surface area contributed by atoms with Gasteiger partial charge in [-0.2, -0.15) is 0 Å². The summed E-state index contributed by atoms with van der Waals surface area (Å²) in [5, 5.41) is 3.06. The van der Waals surface area contributed by atoms with E-state index in [9.17, 15) is 4.79 Å². The van der Waals surface area contributed by atoms with Crippen molar-refractivity contribution in [2.75, 3.05) is 0 Å². The van der Waals surface area contributed by atoms with Crippen LogP contribution in [0.2, 0.25) is 0 Å². The minimum atomic E-state index is 0.590. The first-order valence-corrected chi connectivity index (χ1v) is 4.05. The maximum absolute atomic E-state index is 9.96. The zero-order chi connectivity index (χ0) is 7.40. The minimum Gasteiger partial charge on any atom is -0.303 e. The van der Waals surface area contributed by atoms with Gasteiger partial charge in [-0.05, 0) is 6.92 Å². The van der Waals surface area contributed by atoms with Crippen LogP contribution in [0.1, 0.15) is 17.1 Å². The van der Waals surface area contributed by atoms with Gasteiger partial charge in [0.05, 0.1) is 5.01 Å². The van der Waals surface area contributed by atoms with E-state index in [-0.39, 0.29) is 0 Å². The Kier molecular flexibility index (Phi) is 2.57. The number of aryl methyl sites for hydroxylation is 2. The van der Waals surface area contributed by atoms with E-state index in [1.807, 2.05) is 12.3 Å². The van der Waals surface area contributed by atoms with Crippen molar-refractivity contribution in [2.45, 2.75) is 19.8 Å². The van der Waals surface area contributed by atoms with Crippen molar-refractivity contribution in [3.8, 4) is 0 Å². The van der Waals surface area contributed by atoms with Crippen molar-refractivity contribution in [2.24, 2.45) is 0 Å². The molecule has 0 N–H and O–H groups in total. The van der Waals surface area contributed by atoms with Gasteiger partial charge in [0.2, 0.25) is 0 Å². The van der Waals surface area contributed by atoms with Crippen molar-refractivity contribution < 1.29 is 4.79 Å². The number of nitrogens with zero attached hydrogens (tertiary/aromatic N) is 1. The average Bonchev–Trinajstić information content (AvgIpc) is 2.31. The number of aromatic nitrogens is 1. The third-order valence-electron chi connectivity index (χ3n) is 1.14. The zero-order valence-electron chi connectivity index (χ0n) is 5.83. The molecular formula is C7H9NOS. The number of hydrogen-bond acceptors (Lipinski definition) is 3. The van der Waals surface area contributed by atoms with Crippen molar-refractivity contribution in [1.29, 1.82) is 0 Å². The van der Waals surface area contributed by atoms with Crippen molar-refractivity contribution in [1.82, 2.24) is 4.98 Å². The molecule has 1 rings (SSSR count). The van der Waals surface area contributed by atoms with E-state index in [4.69, 9.17) is 0 Å². The SMILES string of the molecule is Cc1csc(CCC=O)n1. The number of carbonyl (C=O) groups excluding carboxylic acids is 1. The van der Waals surface area contributed by atoms with E-state index >= 15 is 0 Å². The highest BCUT2D eigenvalue weighted by Gasteiger charge is 1.95. The van der Waals surface area contributed by atoms with Crippen LogP contribution in [0.5, 0.6) is 0 Å². The van der Waals surface area contributed by atoms with Gasteiger partial charge in [-0.3, -0.25) is 0 Å². The summed E-state index contributed by atoms with van der Waals surface area (Å²) < 4.78 is 0. The highest BCUT2D eigenvalue weighted by molar-refractivity contribution is 7.09. The van der Waals surface area contributed by atoms with Crippen molar-refractivity contribution >= 4 is 17.6 Å². The number of rotatable bonds is 3. The Morgan fingerprint density at radius 1 is 1.80 bits per heavy atom. The number of thiazole rings is 1. The van der Waals surface area contributed by atoms with Crippen molar-refractivity contribution in [3.05, 3.63) is 16.1 Å². The van der Waals surface area contributed by atoms with E-state index in [0.717, 1.165) is 23.4 Å². The zero-order valence-corrected chi connectivity index (χ0v) is 6.65. The maximum Gasteiger partial charge on any atom is 0.120 e. The molecule has 0 fully saturated rings. The molecule has 0 aromatic carbocycles. The van der Waals surface area contributed by atoms with Gasteiger partial charge in [0, 0.05) is 23.9 Å². The Hall–Kier alpha value is -0.700. The van der Waals surface area contributed by atoms with Gasteiger partial charge in [-0.25, -0.2) is 4.98 Å². The second kappa shape index (κ2) is 3.46. The number of aldehydes is 1. The molecule has 0 spiro atoms. The summed E-state index contributed by atoms with van der Waals surface area (Å²) in [5.41, 5.74) is 1.05. The molecule has 1 heterocycles. The molecular weight excluding hydrogens is 146 g/mol. The fourth-order valence-electron chi connectivity index (χ4n) is 0.700. The van der Waals surface area contributed by atoms with Crippen LogP contribution >= 0.6 is 11.3 Å². The fourth-order valence-corrected chi connectivity index (χ4v) is 1.49. The predicted molar refractivity (Wildman–Crippen MR) is 41.2 cm³/mol. The summed E-state index contributed by atoms with van der Waals surface area (Å²) in [5.74, 6) is 0. The number of carbonyl (C=O) groups is 1. The molecule has 3 heteroatoms. The van der Waals surface area contributed by atoms with Crippen molar-refractivity contribution in [3.63, 3.8) is 0 Å². The summed E-state index contributed by atoms with van der Waals surface area (Å²) in [6.07, 6.45) is 2.31. The molecule has 0 aliphatic carbocycles. The summed E-state index contributed by atoms with van der Waals surface area (Å²) in [4.78, 5) is 14.2. The first-order chi connectivity index (χ1) is 4.83. The van der Waals surface area contributed by atoms with Gasteiger partial charge < -0.3 is 4.79 Å². The molecule has 0 bridgehead atoms. The predicted octanol–water partition coefficient (Wildman–Crippen LogP) is 1.58. The second-order valence-corrected chi connectivity index (χ2v) is 3.03. The van der Waals surface area contributed by atoms with E-state index < -0.39 is 0 Å². The van der Waals surface area contributed by atoms with Crippen LogP contribution in [-0.2, 0) is 11.2 Å². The van der Waals surface area contributed by atoms with Gasteiger partial charge in [0.15, 0.2) is 0 Å². The lowest BCUT2D eigenvalue weighted by Crippen LogP contribution is -1.84. The molecule has 10 heavy (non-hydrogen) atoms. The molecule has 2 nitrogen and oxygen atoms in total. The second-order valence-electron chi connectivity index (χ2n) is 2.09. The summed E-state index contributed by atoms with van der Waals surface area (Å²) in [6.45, 7) is 1.96. The van der Waals surface area contributed by atoms with E-state index in [0.29, 0.717) is 6.42 Å². The van der Waals surface area contributed by atoms with Crippen LogP contribution in [-0.4, -0.2) is 11.3 Å². The third kappa shape index (κ3) is 1.92. The summed E-state index contributed by atoms with van der Waals surface area (Å²) >= 11 is 1.62. The lowest BCUT2D eigenvalue weighted by atomic mass is 10.3. The smallest absolute Gasteiger partial charge is 0.120 e. The van der Waals surface area contributed by atoms with Gasteiger partial charge in [-0.15, -0.1) is 11.3 Å². The topological polar surface area (TPSA) is 30.0 Å². The highest BCUT2D eigenvalue weighted by Crippen LogP contribution is 2.09. The third-order valence-corrected chi connectivity index (χ3v) is 2.17. The molecule has 0 aliphatic rings. The molecule has 1 aromatic heterocycles. The molecule has 0 saturated heterocycles. The van der Waals surface area contributed by atoms with Crippen LogP contribution < -0.4 is 0 Å². The maximum atomic E-state index is 9.96. The van der Waals surface area contributed by atoms with Gasteiger partial charge in [0.1, 0.15) is 6.29 Å². The minimum absolute atomic E-state index is 0.590. The Morgan fingerprint density at radius 2 is 2.60 bits per heavy atom. The molecule has 54 valence electrons. The van der Waals surface area contributed by atoms with Gasteiger partial charge in [0.25, 0.3) is 0 Å². The van der Waals surface area contributed by atoms with Crippen LogP contribution in [0, 0.1) is 6.92 Å². The normalized spacial score (nSPS) is 9.70. The average molecular weight is 155 g/mol. The van der Waals surface area contributed by atoms with Crippen LogP contribution in [0.3, 0.4) is 0 Å². The Labute approximate surface area is 63.9 Å². The van der Waals surface area contributed by atoms with Crippen LogP contribution in [0.15, 0.2) is 5.38 Å². The standard InChI is InChI=1S/C7H9NOS/c1-6-5-10-7(8-6)3-2-4-9/h4-5H,2-3H2,1H3.